The lowest BCUT2D eigenvalue weighted by Gasteiger charge is -2.18. The summed E-state index contributed by atoms with van der Waals surface area (Å²) in [5.41, 5.74) is 2.33. The van der Waals surface area contributed by atoms with E-state index in [2.05, 4.69) is 46.7 Å². The summed E-state index contributed by atoms with van der Waals surface area (Å²) in [5, 5.41) is 12.4. The van der Waals surface area contributed by atoms with Crippen LogP contribution in [-0.4, -0.2) is 26.4 Å². The number of carbonyl (C=O) groups excluding carboxylic acids is 1. The molecule has 146 valence electrons. The molecule has 1 heterocycles. The quantitative estimate of drug-likeness (QED) is 0.547. The summed E-state index contributed by atoms with van der Waals surface area (Å²) in [6.45, 7) is 4.77. The van der Waals surface area contributed by atoms with Gasteiger partial charge in [-0.2, -0.15) is 0 Å². The number of aromatic nitrogens is 3. The summed E-state index contributed by atoms with van der Waals surface area (Å²) in [4.78, 5) is 12.6. The van der Waals surface area contributed by atoms with Gasteiger partial charge in [-0.15, -0.1) is 10.2 Å². The second-order valence-corrected chi connectivity index (χ2v) is 7.65. The minimum atomic E-state index is 0.0132. The zero-order valence-corrected chi connectivity index (χ0v) is 17.2. The van der Waals surface area contributed by atoms with Crippen molar-refractivity contribution >= 4 is 17.7 Å². The fraction of sp³-hybridized carbons (Fsp3) is 0.318. The highest BCUT2D eigenvalue weighted by Crippen LogP contribution is 2.21. The van der Waals surface area contributed by atoms with E-state index in [4.69, 9.17) is 0 Å². The van der Waals surface area contributed by atoms with Crippen LogP contribution in [0.2, 0.25) is 0 Å². The van der Waals surface area contributed by atoms with Gasteiger partial charge < -0.3 is 9.88 Å². The van der Waals surface area contributed by atoms with Gasteiger partial charge in [-0.05, 0) is 24.5 Å². The van der Waals surface area contributed by atoms with Crippen LogP contribution in [0.15, 0.2) is 65.8 Å². The minimum Gasteiger partial charge on any atom is -0.349 e. The summed E-state index contributed by atoms with van der Waals surface area (Å²) < 4.78 is 2.05. The molecule has 0 bridgehead atoms. The predicted molar refractivity (Wildman–Crippen MR) is 113 cm³/mol. The third-order valence-electron chi connectivity index (χ3n) is 4.53. The van der Waals surface area contributed by atoms with E-state index in [9.17, 15) is 4.79 Å². The average molecular weight is 395 g/mol. The summed E-state index contributed by atoms with van der Waals surface area (Å²) in [7, 11) is 0. The van der Waals surface area contributed by atoms with E-state index in [0.717, 1.165) is 29.4 Å². The Balaban J connectivity index is 1.61. The van der Waals surface area contributed by atoms with Crippen LogP contribution in [-0.2, 0) is 11.3 Å². The molecular weight excluding hydrogens is 368 g/mol. The van der Waals surface area contributed by atoms with Crippen molar-refractivity contribution in [2.45, 2.75) is 44.4 Å². The molecule has 0 saturated heterocycles. The molecule has 3 aromatic rings. The zero-order valence-electron chi connectivity index (χ0n) is 16.3. The van der Waals surface area contributed by atoms with Crippen LogP contribution in [0.5, 0.6) is 0 Å². The molecule has 1 atom stereocenters. The lowest BCUT2D eigenvalue weighted by atomic mass is 10.0. The van der Waals surface area contributed by atoms with Gasteiger partial charge in [-0.1, -0.05) is 85.8 Å². The van der Waals surface area contributed by atoms with Gasteiger partial charge in [0.25, 0.3) is 0 Å². The number of nitrogens with one attached hydrogen (secondary N) is 1. The van der Waals surface area contributed by atoms with Crippen LogP contribution in [0.25, 0.3) is 0 Å². The summed E-state index contributed by atoms with van der Waals surface area (Å²) in [5.74, 6) is 1.18. The molecule has 0 aliphatic carbocycles. The first-order chi connectivity index (χ1) is 13.7. The van der Waals surface area contributed by atoms with E-state index < -0.39 is 0 Å². The highest BCUT2D eigenvalue weighted by atomic mass is 32.2. The van der Waals surface area contributed by atoms with Gasteiger partial charge in [0.1, 0.15) is 5.82 Å². The van der Waals surface area contributed by atoms with E-state index in [0.29, 0.717) is 12.3 Å². The van der Waals surface area contributed by atoms with Crippen LogP contribution in [0.3, 0.4) is 0 Å². The fourth-order valence-corrected chi connectivity index (χ4v) is 3.87. The number of carbonyl (C=O) groups is 1. The average Bonchev–Trinajstić information content (AvgIpc) is 3.07. The molecule has 0 aliphatic heterocycles. The van der Waals surface area contributed by atoms with Crippen LogP contribution in [0, 0.1) is 6.92 Å². The van der Waals surface area contributed by atoms with Gasteiger partial charge in [0.05, 0.1) is 18.3 Å². The Hall–Kier alpha value is -2.60. The lowest BCUT2D eigenvalue weighted by Crippen LogP contribution is -2.30. The molecule has 2 aromatic carbocycles. The van der Waals surface area contributed by atoms with Gasteiger partial charge in [0.15, 0.2) is 5.16 Å². The molecule has 0 spiro atoms. The van der Waals surface area contributed by atoms with Crippen LogP contribution in [0.4, 0.5) is 0 Å². The monoisotopic (exact) mass is 394 g/mol. The summed E-state index contributed by atoms with van der Waals surface area (Å²) >= 11 is 1.43. The number of rotatable bonds is 9. The second-order valence-electron chi connectivity index (χ2n) is 6.71. The molecule has 3 rings (SSSR count). The SMILES string of the molecule is CCCC(NC(=O)CSc1nnc(C)n1Cc1ccccc1)c1ccccc1. The van der Waals surface area contributed by atoms with Crippen molar-refractivity contribution in [2.24, 2.45) is 0 Å². The van der Waals surface area contributed by atoms with E-state index in [1.807, 2.05) is 47.9 Å². The van der Waals surface area contributed by atoms with Gasteiger partial charge in [0.2, 0.25) is 5.91 Å². The third kappa shape index (κ3) is 5.45. The Morgan fingerprint density at radius 3 is 2.43 bits per heavy atom. The van der Waals surface area contributed by atoms with E-state index in [1.54, 1.807) is 0 Å². The Bertz CT molecular complexity index is 880. The van der Waals surface area contributed by atoms with Crippen molar-refractivity contribution in [3.8, 4) is 0 Å². The van der Waals surface area contributed by atoms with Crippen molar-refractivity contribution in [3.05, 3.63) is 77.6 Å². The van der Waals surface area contributed by atoms with Gasteiger partial charge >= 0.3 is 0 Å². The Labute approximate surface area is 170 Å². The van der Waals surface area contributed by atoms with Crippen molar-refractivity contribution < 1.29 is 4.79 Å². The molecule has 28 heavy (non-hydrogen) atoms. The number of amides is 1. The normalized spacial score (nSPS) is 11.9. The van der Waals surface area contributed by atoms with E-state index >= 15 is 0 Å². The molecule has 6 heteroatoms. The molecule has 1 amide bonds. The molecule has 0 radical (unpaired) electrons. The summed E-state index contributed by atoms with van der Waals surface area (Å²) in [6, 6.07) is 20.4. The molecule has 1 aromatic heterocycles. The Kier molecular flexibility index (Phi) is 7.25. The number of nitrogens with zero attached hydrogens (tertiary/aromatic N) is 3. The molecular formula is C22H26N4OS. The molecule has 0 fully saturated rings. The van der Waals surface area contributed by atoms with Crippen LogP contribution in [0.1, 0.15) is 42.8 Å². The third-order valence-corrected chi connectivity index (χ3v) is 5.50. The van der Waals surface area contributed by atoms with Crippen molar-refractivity contribution in [1.29, 1.82) is 0 Å². The first-order valence-electron chi connectivity index (χ1n) is 9.58. The maximum Gasteiger partial charge on any atom is 0.230 e. The molecule has 1 unspecified atom stereocenters. The molecule has 0 aliphatic rings. The zero-order chi connectivity index (χ0) is 19.8. The second kappa shape index (κ2) is 10.1. The maximum atomic E-state index is 12.6. The fourth-order valence-electron chi connectivity index (χ4n) is 3.08. The van der Waals surface area contributed by atoms with Crippen molar-refractivity contribution in [3.63, 3.8) is 0 Å². The van der Waals surface area contributed by atoms with Gasteiger partial charge in [-0.3, -0.25) is 4.79 Å². The minimum absolute atomic E-state index is 0.0132. The topological polar surface area (TPSA) is 59.8 Å². The number of aryl methyl sites for hydroxylation is 1. The number of thioether (sulfide) groups is 1. The van der Waals surface area contributed by atoms with Crippen LogP contribution < -0.4 is 5.32 Å². The molecule has 0 saturated carbocycles. The molecule has 1 N–H and O–H groups in total. The molecule has 5 nitrogen and oxygen atoms in total. The van der Waals surface area contributed by atoms with E-state index in [-0.39, 0.29) is 11.9 Å². The summed E-state index contributed by atoms with van der Waals surface area (Å²) in [6.07, 6.45) is 1.93. The van der Waals surface area contributed by atoms with Gasteiger partial charge in [0, 0.05) is 0 Å². The predicted octanol–water partition coefficient (Wildman–Crippen LogP) is 4.38. The van der Waals surface area contributed by atoms with Crippen molar-refractivity contribution in [1.82, 2.24) is 20.1 Å². The van der Waals surface area contributed by atoms with Crippen LogP contribution >= 0.6 is 11.8 Å². The highest BCUT2D eigenvalue weighted by Gasteiger charge is 2.16. The first-order valence-corrected chi connectivity index (χ1v) is 10.6. The number of benzene rings is 2. The Morgan fingerprint density at radius 2 is 1.75 bits per heavy atom. The first kappa shape index (κ1) is 20.1. The largest absolute Gasteiger partial charge is 0.349 e. The number of hydrogen-bond acceptors (Lipinski definition) is 4. The lowest BCUT2D eigenvalue weighted by molar-refractivity contribution is -0.119. The van der Waals surface area contributed by atoms with Gasteiger partial charge in [-0.25, -0.2) is 0 Å². The Morgan fingerprint density at radius 1 is 1.07 bits per heavy atom. The van der Waals surface area contributed by atoms with Crippen molar-refractivity contribution in [2.75, 3.05) is 5.75 Å². The van der Waals surface area contributed by atoms with E-state index in [1.165, 1.54) is 17.3 Å². The highest BCUT2D eigenvalue weighted by molar-refractivity contribution is 7.99. The smallest absolute Gasteiger partial charge is 0.230 e. The number of hydrogen-bond donors (Lipinski definition) is 1. The maximum absolute atomic E-state index is 12.6. The standard InChI is InChI=1S/C22H26N4OS/c1-3-10-20(19-13-8-5-9-14-19)23-21(27)16-28-22-25-24-17(2)26(22)15-18-11-6-4-7-12-18/h4-9,11-14,20H,3,10,15-16H2,1-2H3,(H,23,27).